The Kier molecular flexibility index (Phi) is 5.70. The van der Waals surface area contributed by atoms with Crippen LogP contribution in [0.4, 0.5) is 5.69 Å². The van der Waals surface area contributed by atoms with E-state index in [4.69, 9.17) is 0 Å². The predicted molar refractivity (Wildman–Crippen MR) is 137 cm³/mol. The Morgan fingerprint density at radius 1 is 1.03 bits per heavy atom. The van der Waals surface area contributed by atoms with Crippen molar-refractivity contribution in [2.24, 2.45) is 0 Å². The molecule has 0 fully saturated rings. The molecule has 8 nitrogen and oxygen atoms in total. The zero-order valence-electron chi connectivity index (χ0n) is 18.5. The third-order valence-electron chi connectivity index (χ3n) is 5.91. The molecule has 1 aromatic heterocycles. The Morgan fingerprint density at radius 3 is 2.51 bits per heavy atom. The molecule has 1 aliphatic rings. The van der Waals surface area contributed by atoms with Crippen LogP contribution in [0.1, 0.15) is 24.1 Å². The summed E-state index contributed by atoms with van der Waals surface area (Å²) in [4.78, 5) is 39.7. The van der Waals surface area contributed by atoms with E-state index in [0.29, 0.717) is 27.9 Å². The first-order valence-electron chi connectivity index (χ1n) is 10.8. The lowest BCUT2D eigenvalue weighted by Gasteiger charge is -2.24. The topological polar surface area (TPSA) is 108 Å². The first kappa shape index (κ1) is 22.5. The van der Waals surface area contributed by atoms with Crippen LogP contribution in [0.25, 0.3) is 27.7 Å². The molecule has 2 N–H and O–H groups in total. The molecule has 0 aliphatic carbocycles. The Morgan fingerprint density at radius 2 is 1.80 bits per heavy atom. The molecule has 9 heteroatoms. The number of carbonyl (C=O) groups excluding carboxylic acids is 1. The number of H-pyrrole nitrogens is 1. The van der Waals surface area contributed by atoms with E-state index in [0.717, 1.165) is 15.4 Å². The number of nitro groups is 1. The van der Waals surface area contributed by atoms with Crippen LogP contribution in [-0.2, 0) is 4.79 Å². The molecule has 3 aromatic carbocycles. The average Bonchev–Trinajstić information content (AvgIpc) is 3.29. The van der Waals surface area contributed by atoms with Gasteiger partial charge in [-0.3, -0.25) is 25.1 Å². The number of fused-ring (bicyclic) bond motifs is 1. The number of nitrogens with one attached hydrogen (secondary N) is 2. The minimum Gasteiger partial charge on any atom is -0.321 e. The molecule has 2 heterocycles. The van der Waals surface area contributed by atoms with Crippen LogP contribution in [0.15, 0.2) is 88.1 Å². The van der Waals surface area contributed by atoms with E-state index in [1.807, 2.05) is 48.5 Å². The molecular weight excluding hydrogens is 512 g/mol. The summed E-state index contributed by atoms with van der Waals surface area (Å²) in [5, 5.41) is 13.5. The van der Waals surface area contributed by atoms with E-state index in [-0.39, 0.29) is 17.2 Å². The Hall–Kier alpha value is -4.24. The molecule has 4 aromatic rings. The summed E-state index contributed by atoms with van der Waals surface area (Å²) in [6, 6.07) is 20.7. The van der Waals surface area contributed by atoms with E-state index in [1.54, 1.807) is 18.2 Å². The van der Waals surface area contributed by atoms with Crippen molar-refractivity contribution in [1.82, 2.24) is 15.4 Å². The van der Waals surface area contributed by atoms with E-state index in [2.05, 4.69) is 26.3 Å². The predicted octanol–water partition coefficient (Wildman–Crippen LogP) is 5.31. The Balaban J connectivity index is 1.76. The highest BCUT2D eigenvalue weighted by atomic mass is 79.9. The number of hydrazine groups is 1. The van der Waals surface area contributed by atoms with Gasteiger partial charge in [0.2, 0.25) is 5.91 Å². The zero-order chi connectivity index (χ0) is 24.7. The molecule has 174 valence electrons. The van der Waals surface area contributed by atoms with Crippen LogP contribution in [0.3, 0.4) is 0 Å². The lowest BCUT2D eigenvalue weighted by molar-refractivity contribution is -0.384. The lowest BCUT2D eigenvalue weighted by atomic mass is 9.94. The van der Waals surface area contributed by atoms with Gasteiger partial charge in [-0.25, -0.2) is 5.01 Å². The fourth-order valence-electron chi connectivity index (χ4n) is 4.38. The Bertz CT molecular complexity index is 1580. The molecule has 0 bridgehead atoms. The molecule has 0 saturated carbocycles. The van der Waals surface area contributed by atoms with Gasteiger partial charge in [0.05, 0.1) is 22.2 Å². The van der Waals surface area contributed by atoms with E-state index in [1.165, 1.54) is 24.1 Å². The fourth-order valence-corrected chi connectivity index (χ4v) is 4.74. The van der Waals surface area contributed by atoms with Crippen molar-refractivity contribution in [3.05, 3.63) is 115 Å². The summed E-state index contributed by atoms with van der Waals surface area (Å²) in [5.41, 5.74) is 6.29. The molecule has 0 unspecified atom stereocenters. The van der Waals surface area contributed by atoms with Gasteiger partial charge in [-0.05, 0) is 35.4 Å². The summed E-state index contributed by atoms with van der Waals surface area (Å²) in [5.74, 6) is -0.297. The molecule has 35 heavy (non-hydrogen) atoms. The monoisotopic (exact) mass is 530 g/mol. The second-order valence-corrected chi connectivity index (χ2v) is 9.05. The van der Waals surface area contributed by atoms with Crippen molar-refractivity contribution in [3.8, 4) is 11.1 Å². The summed E-state index contributed by atoms with van der Waals surface area (Å²) >= 11 is 3.52. The van der Waals surface area contributed by atoms with Gasteiger partial charge in [-0.2, -0.15) is 0 Å². The van der Waals surface area contributed by atoms with Crippen LogP contribution in [0, 0.1) is 10.1 Å². The highest BCUT2D eigenvalue weighted by Crippen LogP contribution is 2.38. The normalized spacial score (nSPS) is 15.1. The number of hydrogen-bond donors (Lipinski definition) is 2. The number of benzene rings is 3. The van der Waals surface area contributed by atoms with E-state index in [9.17, 15) is 19.7 Å². The first-order chi connectivity index (χ1) is 16.8. The van der Waals surface area contributed by atoms with Crippen LogP contribution in [-0.4, -0.2) is 20.8 Å². The number of carbonyl (C=O) groups is 1. The smallest absolute Gasteiger partial charge is 0.269 e. The number of aromatic amines is 1. The fraction of sp³-hybridized carbons (Fsp3) is 0.0769. The molecule has 0 spiro atoms. The van der Waals surface area contributed by atoms with E-state index < -0.39 is 11.0 Å². The third-order valence-corrected chi connectivity index (χ3v) is 6.41. The molecule has 1 aliphatic heterocycles. The number of aromatic nitrogens is 1. The number of nitro benzene ring substituents is 1. The average molecular weight is 531 g/mol. The summed E-state index contributed by atoms with van der Waals surface area (Å²) < 4.78 is 0.855. The molecule has 0 saturated heterocycles. The number of halogens is 1. The SMILES string of the molecule is CC(=O)N1NC(c2c(-c3ccccc3)c3cc(Br)ccc3[nH]c2=O)=C[C@@H]1c1cccc([N+](=O)[O-])c1. The first-order valence-corrected chi connectivity index (χ1v) is 11.6. The second kappa shape index (κ2) is 8.84. The standard InChI is InChI=1S/C26H19BrN4O4/c1-15(32)30-23(17-8-5-9-19(12-17)31(34)35)14-22(29-30)25-24(16-6-3-2-4-7-16)20-13-18(27)10-11-21(20)28-26(25)33/h2-14,23,29H,1H3,(H,28,33)/t23-/m1/s1. The van der Waals surface area contributed by atoms with Gasteiger partial charge in [-0.1, -0.05) is 58.4 Å². The van der Waals surface area contributed by atoms with Crippen LogP contribution >= 0.6 is 15.9 Å². The summed E-state index contributed by atoms with van der Waals surface area (Å²) in [6.07, 6.45) is 1.75. The molecule has 1 atom stereocenters. The maximum absolute atomic E-state index is 13.4. The zero-order valence-corrected chi connectivity index (χ0v) is 20.1. The highest BCUT2D eigenvalue weighted by molar-refractivity contribution is 9.10. The van der Waals surface area contributed by atoms with Crippen LogP contribution in [0.2, 0.25) is 0 Å². The van der Waals surface area contributed by atoms with E-state index >= 15 is 0 Å². The summed E-state index contributed by atoms with van der Waals surface area (Å²) in [7, 11) is 0. The van der Waals surface area contributed by atoms with Gasteiger partial charge >= 0.3 is 0 Å². The minimum absolute atomic E-state index is 0.0776. The highest BCUT2D eigenvalue weighted by Gasteiger charge is 2.32. The number of nitrogens with zero attached hydrogens (tertiary/aromatic N) is 2. The molecule has 0 radical (unpaired) electrons. The quantitative estimate of drug-likeness (QED) is 0.274. The number of pyridine rings is 1. The van der Waals surface area contributed by atoms with Crippen molar-refractivity contribution in [1.29, 1.82) is 0 Å². The van der Waals surface area contributed by atoms with Gasteiger partial charge < -0.3 is 4.98 Å². The minimum atomic E-state index is -0.636. The van der Waals surface area contributed by atoms with Crippen LogP contribution in [0.5, 0.6) is 0 Å². The summed E-state index contributed by atoms with van der Waals surface area (Å²) in [6.45, 7) is 1.40. The van der Waals surface area contributed by atoms with Gasteiger partial charge in [-0.15, -0.1) is 0 Å². The van der Waals surface area contributed by atoms with Crippen LogP contribution < -0.4 is 11.0 Å². The van der Waals surface area contributed by atoms with Gasteiger partial charge in [0, 0.05) is 40.0 Å². The number of hydrogen-bond acceptors (Lipinski definition) is 5. The van der Waals surface area contributed by atoms with Crippen molar-refractivity contribution in [2.75, 3.05) is 0 Å². The lowest BCUT2D eigenvalue weighted by Crippen LogP contribution is -2.38. The van der Waals surface area contributed by atoms with Crippen molar-refractivity contribution in [3.63, 3.8) is 0 Å². The molecule has 1 amide bonds. The maximum Gasteiger partial charge on any atom is 0.269 e. The maximum atomic E-state index is 13.4. The molecule has 5 rings (SSSR count). The van der Waals surface area contributed by atoms with Crippen molar-refractivity contribution >= 4 is 44.1 Å². The second-order valence-electron chi connectivity index (χ2n) is 8.14. The Labute approximate surface area is 208 Å². The van der Waals surface area contributed by atoms with Gasteiger partial charge in [0.1, 0.15) is 0 Å². The third kappa shape index (κ3) is 4.10. The van der Waals surface area contributed by atoms with Gasteiger partial charge in [0.15, 0.2) is 0 Å². The largest absolute Gasteiger partial charge is 0.321 e. The molecular formula is C26H19BrN4O4. The number of amides is 1. The number of rotatable bonds is 4. The van der Waals surface area contributed by atoms with Crippen molar-refractivity contribution < 1.29 is 9.72 Å². The van der Waals surface area contributed by atoms with Crippen molar-refractivity contribution in [2.45, 2.75) is 13.0 Å². The van der Waals surface area contributed by atoms with Gasteiger partial charge in [0.25, 0.3) is 11.2 Å². The number of non-ortho nitro benzene ring substituents is 1.